The maximum absolute atomic E-state index is 12.4. The van der Waals surface area contributed by atoms with Crippen molar-refractivity contribution in [2.24, 2.45) is 0 Å². The molecule has 0 aromatic rings. The van der Waals surface area contributed by atoms with E-state index in [1.54, 1.807) is 0 Å². The molecule has 162 valence electrons. The monoisotopic (exact) mass is 416 g/mol. The fourth-order valence-corrected chi connectivity index (χ4v) is 5.70. The molecule has 0 aromatic carbocycles. The highest BCUT2D eigenvalue weighted by Crippen LogP contribution is 2.49. The van der Waals surface area contributed by atoms with E-state index in [1.807, 2.05) is 0 Å². The van der Waals surface area contributed by atoms with Gasteiger partial charge in [0.15, 0.2) is 19.7 Å². The fourth-order valence-electron chi connectivity index (χ4n) is 4.38. The average Bonchev–Trinajstić information content (AvgIpc) is 2.97. The number of carbonyl (C=O) groups excluding carboxylic acids is 1. The van der Waals surface area contributed by atoms with Crippen molar-refractivity contribution >= 4 is 14.3 Å². The number of aliphatic hydroxyl groups is 2. The summed E-state index contributed by atoms with van der Waals surface area (Å²) in [5, 5.41) is 21.9. The van der Waals surface area contributed by atoms with E-state index in [2.05, 4.69) is 33.9 Å². The number of fused-ring (bicyclic) bond motifs is 1. The molecule has 1 aliphatic heterocycles. The largest absolute Gasteiger partial charge is 0.467 e. The third-order valence-electron chi connectivity index (χ3n) is 7.11. The normalized spacial score (nSPS) is 38.3. The van der Waals surface area contributed by atoms with Crippen LogP contribution in [-0.2, 0) is 23.4 Å². The van der Waals surface area contributed by atoms with Crippen LogP contribution in [-0.4, -0.2) is 67.4 Å². The van der Waals surface area contributed by atoms with Gasteiger partial charge in [-0.3, -0.25) is 0 Å². The summed E-state index contributed by atoms with van der Waals surface area (Å²) in [5.41, 5.74) is -2.08. The first-order valence-electron chi connectivity index (χ1n) is 10.4. The van der Waals surface area contributed by atoms with Crippen molar-refractivity contribution in [2.45, 2.75) is 113 Å². The summed E-state index contributed by atoms with van der Waals surface area (Å²) in [7, 11) is -1.02. The molecule has 2 aliphatic carbocycles. The smallest absolute Gasteiger partial charge is 0.340 e. The van der Waals surface area contributed by atoms with Crippen molar-refractivity contribution in [2.75, 3.05) is 7.11 Å². The van der Waals surface area contributed by atoms with Crippen LogP contribution in [0.4, 0.5) is 0 Å². The van der Waals surface area contributed by atoms with Gasteiger partial charge in [-0.2, -0.15) is 0 Å². The number of carbonyl (C=O) groups is 1. The van der Waals surface area contributed by atoms with E-state index >= 15 is 0 Å². The second-order valence-electron chi connectivity index (χ2n) is 10.1. The third-order valence-corrected chi connectivity index (χ3v) is 11.6. The van der Waals surface area contributed by atoms with Crippen molar-refractivity contribution in [1.29, 1.82) is 0 Å². The molecule has 5 atom stereocenters. The number of aliphatic hydroxyl groups excluding tert-OH is 1. The quantitative estimate of drug-likeness (QED) is 0.539. The van der Waals surface area contributed by atoms with Gasteiger partial charge in [0, 0.05) is 19.3 Å². The first-order valence-corrected chi connectivity index (χ1v) is 13.3. The Balaban J connectivity index is 1.94. The van der Waals surface area contributed by atoms with Gasteiger partial charge in [0.05, 0.1) is 13.2 Å². The Morgan fingerprint density at radius 1 is 1.11 bits per heavy atom. The van der Waals surface area contributed by atoms with Crippen molar-refractivity contribution in [3.05, 3.63) is 0 Å². The van der Waals surface area contributed by atoms with E-state index < -0.39 is 50.1 Å². The molecular formula is C20H36O7Si. The molecule has 3 rings (SSSR count). The zero-order chi connectivity index (χ0) is 21.0. The van der Waals surface area contributed by atoms with E-state index in [4.69, 9.17) is 18.6 Å². The van der Waals surface area contributed by atoms with Crippen LogP contribution in [0.15, 0.2) is 0 Å². The minimum Gasteiger partial charge on any atom is -0.467 e. The zero-order valence-corrected chi connectivity index (χ0v) is 19.0. The van der Waals surface area contributed by atoms with E-state index in [-0.39, 0.29) is 11.5 Å². The van der Waals surface area contributed by atoms with Gasteiger partial charge >= 0.3 is 5.97 Å². The molecule has 1 spiro atoms. The predicted octanol–water partition coefficient (Wildman–Crippen LogP) is 2.49. The number of ether oxygens (including phenoxy) is 3. The zero-order valence-electron chi connectivity index (χ0n) is 18.0. The first kappa shape index (κ1) is 22.2. The minimum atomic E-state index is -2.22. The predicted molar refractivity (Wildman–Crippen MR) is 105 cm³/mol. The summed E-state index contributed by atoms with van der Waals surface area (Å²) < 4.78 is 24.0. The molecule has 2 saturated carbocycles. The van der Waals surface area contributed by atoms with Crippen molar-refractivity contribution in [1.82, 2.24) is 0 Å². The highest BCUT2D eigenvalue weighted by molar-refractivity contribution is 6.74. The average molecular weight is 417 g/mol. The second kappa shape index (κ2) is 7.32. The number of hydrogen-bond acceptors (Lipinski definition) is 7. The van der Waals surface area contributed by atoms with Crippen LogP contribution < -0.4 is 0 Å². The molecule has 28 heavy (non-hydrogen) atoms. The Hall–Kier alpha value is -0.513. The summed E-state index contributed by atoms with van der Waals surface area (Å²) in [6.45, 7) is 10.6. The van der Waals surface area contributed by atoms with Crippen molar-refractivity contribution < 1.29 is 33.6 Å². The lowest BCUT2D eigenvalue weighted by atomic mass is 9.77. The van der Waals surface area contributed by atoms with Crippen LogP contribution in [0.2, 0.25) is 18.1 Å². The minimum absolute atomic E-state index is 0.0517. The van der Waals surface area contributed by atoms with E-state index in [0.29, 0.717) is 0 Å². The summed E-state index contributed by atoms with van der Waals surface area (Å²) in [5.74, 6) is -1.62. The van der Waals surface area contributed by atoms with Gasteiger partial charge < -0.3 is 28.8 Å². The van der Waals surface area contributed by atoms with Crippen LogP contribution in [0, 0.1) is 0 Å². The Kier molecular flexibility index (Phi) is 5.80. The Labute approximate surface area is 168 Å². The second-order valence-corrected chi connectivity index (χ2v) is 14.9. The Morgan fingerprint density at radius 2 is 1.68 bits per heavy atom. The molecule has 3 aliphatic rings. The standard InChI is InChI=1S/C20H36O7Si/c1-18(2,3)28(5,6)27-13-12-20(23,17(22)24-4)16(21)15-14(13)25-19(26-15)10-8-7-9-11-19/h13-16,21,23H,7-12H2,1-6H3/t13-,14+,15+,16+,20-/m1/s1. The Bertz CT molecular complexity index is 596. The van der Waals surface area contributed by atoms with Gasteiger partial charge in [-0.15, -0.1) is 0 Å². The van der Waals surface area contributed by atoms with Crippen molar-refractivity contribution in [3.63, 3.8) is 0 Å². The molecule has 1 saturated heterocycles. The molecule has 0 radical (unpaired) electrons. The van der Waals surface area contributed by atoms with Crippen molar-refractivity contribution in [3.8, 4) is 0 Å². The number of esters is 1. The van der Waals surface area contributed by atoms with Gasteiger partial charge in [0.1, 0.15) is 18.3 Å². The summed E-state index contributed by atoms with van der Waals surface area (Å²) in [6, 6.07) is 0. The molecule has 0 bridgehead atoms. The highest BCUT2D eigenvalue weighted by Gasteiger charge is 2.65. The van der Waals surface area contributed by atoms with E-state index in [9.17, 15) is 15.0 Å². The van der Waals surface area contributed by atoms with Crippen LogP contribution in [0.25, 0.3) is 0 Å². The lowest BCUT2D eigenvalue weighted by molar-refractivity contribution is -0.216. The topological polar surface area (TPSA) is 94.5 Å². The van der Waals surface area contributed by atoms with Gasteiger partial charge in [0.25, 0.3) is 0 Å². The first-order chi connectivity index (χ1) is 12.9. The molecule has 0 aromatic heterocycles. The molecule has 2 N–H and O–H groups in total. The molecule has 3 fully saturated rings. The molecule has 7 nitrogen and oxygen atoms in total. The molecule has 8 heteroatoms. The van der Waals surface area contributed by atoms with Crippen LogP contribution in [0.3, 0.4) is 0 Å². The van der Waals surface area contributed by atoms with E-state index in [0.717, 1.165) is 32.1 Å². The van der Waals surface area contributed by atoms with E-state index in [1.165, 1.54) is 7.11 Å². The van der Waals surface area contributed by atoms with Gasteiger partial charge in [-0.25, -0.2) is 4.79 Å². The molecule has 1 heterocycles. The lowest BCUT2D eigenvalue weighted by Crippen LogP contribution is -2.67. The van der Waals surface area contributed by atoms with Crippen LogP contribution in [0.1, 0.15) is 59.3 Å². The third kappa shape index (κ3) is 3.67. The number of methoxy groups -OCH3 is 1. The molecule has 0 amide bonds. The van der Waals surface area contributed by atoms with Gasteiger partial charge in [-0.05, 0) is 31.0 Å². The maximum Gasteiger partial charge on any atom is 0.340 e. The fraction of sp³-hybridized carbons (Fsp3) is 0.950. The molecular weight excluding hydrogens is 380 g/mol. The Morgan fingerprint density at radius 3 is 2.21 bits per heavy atom. The van der Waals surface area contributed by atoms with Crippen LogP contribution >= 0.6 is 0 Å². The lowest BCUT2D eigenvalue weighted by Gasteiger charge is -2.47. The summed E-state index contributed by atoms with van der Waals surface area (Å²) in [6.07, 6.45) is 1.20. The SMILES string of the molecule is COC(=O)[C@@]1(O)C[C@@H](O[Si](C)(C)C(C)(C)C)[C@@H]2OC3(CCCCC3)O[C@@H]2[C@@H]1O. The van der Waals surface area contributed by atoms with Gasteiger partial charge in [-0.1, -0.05) is 27.2 Å². The summed E-state index contributed by atoms with van der Waals surface area (Å²) >= 11 is 0. The number of hydrogen-bond donors (Lipinski definition) is 2. The highest BCUT2D eigenvalue weighted by atomic mass is 28.4. The van der Waals surface area contributed by atoms with Crippen LogP contribution in [0.5, 0.6) is 0 Å². The maximum atomic E-state index is 12.4. The number of rotatable bonds is 3. The molecule has 0 unspecified atom stereocenters. The summed E-state index contributed by atoms with van der Waals surface area (Å²) in [4.78, 5) is 12.4. The van der Waals surface area contributed by atoms with Gasteiger partial charge in [0.2, 0.25) is 0 Å².